The van der Waals surface area contributed by atoms with E-state index in [-0.39, 0.29) is 0 Å². The number of nitrogens with zero attached hydrogens (tertiary/aromatic N) is 3. The summed E-state index contributed by atoms with van der Waals surface area (Å²) in [5.41, 5.74) is 2.66. The predicted molar refractivity (Wildman–Crippen MR) is 84.7 cm³/mol. The van der Waals surface area contributed by atoms with Crippen LogP contribution in [0.2, 0.25) is 0 Å². The van der Waals surface area contributed by atoms with Gasteiger partial charge in [0, 0.05) is 29.9 Å². The minimum atomic E-state index is 0.653. The molecule has 1 saturated carbocycles. The third-order valence-corrected chi connectivity index (χ3v) is 4.81. The molecule has 20 heavy (non-hydrogen) atoms. The summed E-state index contributed by atoms with van der Waals surface area (Å²) < 4.78 is 2.05. The van der Waals surface area contributed by atoms with Gasteiger partial charge < -0.3 is 0 Å². The monoisotopic (exact) mass is 275 g/mol. The van der Waals surface area contributed by atoms with Crippen LogP contribution in [-0.2, 0) is 13.1 Å². The molecular weight excluding hydrogens is 246 g/mol. The number of allylic oxidation sites excluding steroid dienone is 1. The van der Waals surface area contributed by atoms with E-state index in [0.717, 1.165) is 19.1 Å². The van der Waals surface area contributed by atoms with Gasteiger partial charge in [-0.25, -0.2) is 0 Å². The highest BCUT2D eigenvalue weighted by molar-refractivity contribution is 5.16. The Hall–Kier alpha value is -1.09. The van der Waals surface area contributed by atoms with Crippen LogP contribution in [0.5, 0.6) is 0 Å². The van der Waals surface area contributed by atoms with E-state index in [1.54, 1.807) is 0 Å². The van der Waals surface area contributed by atoms with E-state index in [9.17, 15) is 0 Å². The summed E-state index contributed by atoms with van der Waals surface area (Å²) in [5, 5.41) is 4.49. The molecule has 0 aromatic carbocycles. The number of aromatic nitrogens is 2. The normalized spacial score (nSPS) is 17.8. The van der Waals surface area contributed by atoms with Gasteiger partial charge in [0.15, 0.2) is 0 Å². The second kappa shape index (κ2) is 7.07. The zero-order chi connectivity index (χ0) is 14.5. The molecule has 2 rings (SSSR count). The Labute approximate surface area is 123 Å². The van der Waals surface area contributed by atoms with E-state index in [0.29, 0.717) is 6.04 Å². The van der Waals surface area contributed by atoms with Crippen molar-refractivity contribution in [3.63, 3.8) is 0 Å². The maximum Gasteiger partial charge on any atom is 0.0590 e. The van der Waals surface area contributed by atoms with Crippen molar-refractivity contribution < 1.29 is 0 Å². The molecule has 0 spiro atoms. The van der Waals surface area contributed by atoms with E-state index in [2.05, 4.69) is 37.3 Å². The highest BCUT2D eigenvalue weighted by Crippen LogP contribution is 2.28. The van der Waals surface area contributed by atoms with Gasteiger partial charge in [-0.05, 0) is 33.1 Å². The third-order valence-electron chi connectivity index (χ3n) is 4.81. The fraction of sp³-hybridized carbons (Fsp3) is 0.706. The summed E-state index contributed by atoms with van der Waals surface area (Å²) >= 11 is 0. The van der Waals surface area contributed by atoms with Crippen LogP contribution in [0.1, 0.15) is 57.2 Å². The molecule has 3 heteroatoms. The van der Waals surface area contributed by atoms with Gasteiger partial charge in [0.1, 0.15) is 0 Å². The van der Waals surface area contributed by atoms with E-state index in [4.69, 9.17) is 0 Å². The van der Waals surface area contributed by atoms with E-state index >= 15 is 0 Å². The first-order valence-corrected chi connectivity index (χ1v) is 8.05. The molecule has 0 amide bonds. The maximum atomic E-state index is 4.49. The van der Waals surface area contributed by atoms with Crippen molar-refractivity contribution in [3.05, 3.63) is 30.1 Å². The van der Waals surface area contributed by atoms with Crippen LogP contribution in [-0.4, -0.2) is 26.8 Å². The van der Waals surface area contributed by atoms with Crippen LogP contribution in [0.3, 0.4) is 0 Å². The molecule has 1 aliphatic carbocycles. The molecule has 112 valence electrons. The summed E-state index contributed by atoms with van der Waals surface area (Å²) in [4.78, 5) is 2.70. The molecular formula is C17H29N3. The van der Waals surface area contributed by atoms with Gasteiger partial charge in [-0.15, -0.1) is 6.58 Å². The minimum absolute atomic E-state index is 0.653. The van der Waals surface area contributed by atoms with Crippen LogP contribution in [0.25, 0.3) is 0 Å². The van der Waals surface area contributed by atoms with Crippen molar-refractivity contribution in [2.45, 2.75) is 78.0 Å². The van der Waals surface area contributed by atoms with Crippen LogP contribution in [0.4, 0.5) is 0 Å². The van der Waals surface area contributed by atoms with Crippen molar-refractivity contribution in [1.29, 1.82) is 0 Å². The van der Waals surface area contributed by atoms with Crippen molar-refractivity contribution in [2.24, 2.45) is 0 Å². The van der Waals surface area contributed by atoms with Crippen LogP contribution >= 0.6 is 0 Å². The zero-order valence-electron chi connectivity index (χ0n) is 13.3. The van der Waals surface area contributed by atoms with Gasteiger partial charge in [-0.2, -0.15) is 5.10 Å². The van der Waals surface area contributed by atoms with Gasteiger partial charge in [0.05, 0.1) is 12.7 Å². The molecule has 0 radical (unpaired) electrons. The smallest absolute Gasteiger partial charge is 0.0590 e. The first-order valence-electron chi connectivity index (χ1n) is 8.05. The molecule has 0 N–H and O–H groups in total. The highest BCUT2D eigenvalue weighted by Gasteiger charge is 2.26. The number of hydrogen-bond donors (Lipinski definition) is 0. The zero-order valence-corrected chi connectivity index (χ0v) is 13.3. The van der Waals surface area contributed by atoms with E-state index in [1.165, 1.54) is 43.4 Å². The SMILES string of the molecule is C=CCn1ncc(CN(C(C)CC)C2CCCC2)c1C. The van der Waals surface area contributed by atoms with Crippen LogP contribution < -0.4 is 0 Å². The lowest BCUT2D eigenvalue weighted by Crippen LogP contribution is -2.39. The molecule has 1 heterocycles. The summed E-state index contributed by atoms with van der Waals surface area (Å²) in [5.74, 6) is 0. The van der Waals surface area contributed by atoms with E-state index < -0.39 is 0 Å². The summed E-state index contributed by atoms with van der Waals surface area (Å²) in [7, 11) is 0. The summed E-state index contributed by atoms with van der Waals surface area (Å²) in [6.45, 7) is 12.5. The maximum absolute atomic E-state index is 4.49. The van der Waals surface area contributed by atoms with Crippen molar-refractivity contribution in [3.8, 4) is 0 Å². The van der Waals surface area contributed by atoms with Gasteiger partial charge in [0.2, 0.25) is 0 Å². The molecule has 1 fully saturated rings. The van der Waals surface area contributed by atoms with Gasteiger partial charge >= 0.3 is 0 Å². The predicted octanol–water partition coefficient (Wildman–Crippen LogP) is 3.92. The van der Waals surface area contributed by atoms with Crippen molar-refractivity contribution in [2.75, 3.05) is 0 Å². The quantitative estimate of drug-likeness (QED) is 0.703. The number of hydrogen-bond acceptors (Lipinski definition) is 2. The Morgan fingerprint density at radius 3 is 2.80 bits per heavy atom. The molecule has 0 bridgehead atoms. The molecule has 1 unspecified atom stereocenters. The second-order valence-electron chi connectivity index (χ2n) is 6.09. The molecule has 0 saturated heterocycles. The Morgan fingerprint density at radius 2 is 2.20 bits per heavy atom. The summed E-state index contributed by atoms with van der Waals surface area (Å²) in [6.07, 6.45) is 10.7. The molecule has 1 aromatic heterocycles. The van der Waals surface area contributed by atoms with Crippen LogP contribution in [0.15, 0.2) is 18.9 Å². The Kier molecular flexibility index (Phi) is 5.41. The van der Waals surface area contributed by atoms with Crippen LogP contribution in [0, 0.1) is 6.92 Å². The first-order chi connectivity index (χ1) is 9.67. The molecule has 1 aromatic rings. The lowest BCUT2D eigenvalue weighted by atomic mass is 10.1. The Morgan fingerprint density at radius 1 is 1.50 bits per heavy atom. The van der Waals surface area contributed by atoms with Gasteiger partial charge in [-0.1, -0.05) is 25.8 Å². The Balaban J connectivity index is 2.12. The standard InChI is InChI=1S/C17H29N3/c1-5-11-20-15(4)16(12-18-20)13-19(14(3)6-2)17-9-7-8-10-17/h5,12,14,17H,1,6-11,13H2,2-4H3. The highest BCUT2D eigenvalue weighted by atomic mass is 15.3. The second-order valence-corrected chi connectivity index (χ2v) is 6.09. The van der Waals surface area contributed by atoms with E-state index in [1.807, 2.05) is 17.0 Å². The average molecular weight is 275 g/mol. The summed E-state index contributed by atoms with van der Waals surface area (Å²) in [6, 6.07) is 1.42. The van der Waals surface area contributed by atoms with Crippen molar-refractivity contribution in [1.82, 2.24) is 14.7 Å². The topological polar surface area (TPSA) is 21.1 Å². The average Bonchev–Trinajstić information content (AvgIpc) is 3.08. The fourth-order valence-corrected chi connectivity index (χ4v) is 3.26. The van der Waals surface area contributed by atoms with Crippen molar-refractivity contribution >= 4 is 0 Å². The molecule has 3 nitrogen and oxygen atoms in total. The fourth-order valence-electron chi connectivity index (χ4n) is 3.26. The largest absolute Gasteiger partial charge is 0.293 e. The molecule has 0 aliphatic heterocycles. The van der Waals surface area contributed by atoms with Gasteiger partial charge in [-0.3, -0.25) is 9.58 Å². The molecule has 1 atom stereocenters. The molecule has 1 aliphatic rings. The number of rotatable bonds is 7. The van der Waals surface area contributed by atoms with Gasteiger partial charge in [0.25, 0.3) is 0 Å². The lowest BCUT2D eigenvalue weighted by molar-refractivity contribution is 0.132. The minimum Gasteiger partial charge on any atom is -0.293 e. The lowest BCUT2D eigenvalue weighted by Gasteiger charge is -2.34. The first kappa shape index (κ1) is 15.3. The Bertz CT molecular complexity index is 429. The third kappa shape index (κ3) is 3.32.